The fourth-order valence-corrected chi connectivity index (χ4v) is 7.60. The fraction of sp³-hybridized carbons (Fsp3) is 0.860. The molecule has 1 saturated carbocycles. The predicted octanol–water partition coefficient (Wildman–Crippen LogP) is 8.06. The van der Waals surface area contributed by atoms with Crippen molar-refractivity contribution in [2.45, 2.75) is 224 Å². The third kappa shape index (κ3) is 26.9. The second-order valence-corrected chi connectivity index (χ2v) is 16.9. The Balaban J connectivity index is 2.50. The fourth-order valence-electron chi connectivity index (χ4n) is 6.63. The van der Waals surface area contributed by atoms with Crippen molar-refractivity contribution in [3.8, 4) is 0 Å². The van der Waals surface area contributed by atoms with Crippen LogP contribution in [0.2, 0.25) is 0 Å². The summed E-state index contributed by atoms with van der Waals surface area (Å²) in [6.07, 6.45) is 22.4. The highest BCUT2D eigenvalue weighted by Gasteiger charge is 2.51. The van der Waals surface area contributed by atoms with E-state index in [4.69, 9.17) is 18.5 Å². The molecule has 1 fully saturated rings. The second kappa shape index (κ2) is 34.1. The van der Waals surface area contributed by atoms with Crippen LogP contribution in [0, 0.1) is 0 Å². The largest absolute Gasteiger partial charge is 0.472 e. The molecule has 6 unspecified atom stereocenters. The van der Waals surface area contributed by atoms with E-state index >= 15 is 0 Å². The number of allylic oxidation sites excluding steroid dienone is 4. The lowest BCUT2D eigenvalue weighted by atomic mass is 9.85. The minimum absolute atomic E-state index is 0.0900. The summed E-state index contributed by atoms with van der Waals surface area (Å²) < 4.78 is 33.4. The Morgan fingerprint density at radius 3 is 1.37 bits per heavy atom. The molecule has 0 amide bonds. The number of rotatable bonds is 36. The molecule has 334 valence electrons. The Morgan fingerprint density at radius 1 is 0.526 bits per heavy atom. The van der Waals surface area contributed by atoms with Gasteiger partial charge in [-0.05, 0) is 64.2 Å². The first-order valence-corrected chi connectivity index (χ1v) is 23.6. The molecule has 6 N–H and O–H groups in total. The molecule has 0 bridgehead atoms. The number of hydrogen-bond acceptors (Lipinski definition) is 12. The molecule has 1 aliphatic rings. The summed E-state index contributed by atoms with van der Waals surface area (Å²) in [5.41, 5.74) is 0. The van der Waals surface area contributed by atoms with Gasteiger partial charge in [0.05, 0.1) is 6.61 Å². The SMILES string of the molecule is CCCCCC/C=C/CCCCCCCCCC(=O)O[C@H](COC(=O)CCCCC/C=C/CCCCCCCC)COP(=O)(O)OC1C(O)C(O)C(O)[C@@H](O)C1O. The maximum Gasteiger partial charge on any atom is 0.472 e. The van der Waals surface area contributed by atoms with E-state index in [1.54, 1.807) is 0 Å². The van der Waals surface area contributed by atoms with E-state index in [1.165, 1.54) is 77.0 Å². The summed E-state index contributed by atoms with van der Waals surface area (Å²) in [5.74, 6) is -1.12. The van der Waals surface area contributed by atoms with Gasteiger partial charge >= 0.3 is 19.8 Å². The Hall–Kier alpha value is -1.67. The number of unbranched alkanes of at least 4 members (excludes halogenated alkanes) is 20. The minimum Gasteiger partial charge on any atom is -0.462 e. The van der Waals surface area contributed by atoms with Crippen LogP contribution in [0.15, 0.2) is 24.3 Å². The van der Waals surface area contributed by atoms with E-state index in [1.807, 2.05) is 0 Å². The molecule has 0 aromatic heterocycles. The third-order valence-electron chi connectivity index (χ3n) is 10.3. The summed E-state index contributed by atoms with van der Waals surface area (Å²) in [4.78, 5) is 35.6. The van der Waals surface area contributed by atoms with Crippen LogP contribution in [0.4, 0.5) is 0 Å². The zero-order chi connectivity index (χ0) is 42.2. The van der Waals surface area contributed by atoms with E-state index in [2.05, 4.69) is 38.2 Å². The molecule has 57 heavy (non-hydrogen) atoms. The van der Waals surface area contributed by atoms with Crippen molar-refractivity contribution in [3.05, 3.63) is 24.3 Å². The van der Waals surface area contributed by atoms with E-state index in [0.717, 1.165) is 64.2 Å². The van der Waals surface area contributed by atoms with E-state index < -0.39 is 75.7 Å². The van der Waals surface area contributed by atoms with Crippen LogP contribution in [0.5, 0.6) is 0 Å². The molecule has 8 atom stereocenters. The van der Waals surface area contributed by atoms with Crippen LogP contribution in [0.1, 0.15) is 181 Å². The lowest BCUT2D eigenvalue weighted by Gasteiger charge is -2.41. The van der Waals surface area contributed by atoms with Gasteiger partial charge in [-0.25, -0.2) is 4.57 Å². The van der Waals surface area contributed by atoms with Gasteiger partial charge in [0, 0.05) is 12.8 Å². The molecule has 14 heteroatoms. The van der Waals surface area contributed by atoms with Gasteiger partial charge in [-0.3, -0.25) is 18.6 Å². The first-order chi connectivity index (χ1) is 27.4. The molecule has 0 heterocycles. The zero-order valence-electron chi connectivity index (χ0n) is 35.1. The van der Waals surface area contributed by atoms with E-state index in [0.29, 0.717) is 12.8 Å². The first kappa shape index (κ1) is 53.3. The molecule has 0 saturated heterocycles. The van der Waals surface area contributed by atoms with Gasteiger partial charge in [0.2, 0.25) is 0 Å². The van der Waals surface area contributed by atoms with Crippen LogP contribution >= 0.6 is 7.82 Å². The molecule has 1 aliphatic carbocycles. The Morgan fingerprint density at radius 2 is 0.895 bits per heavy atom. The molecule has 0 radical (unpaired) electrons. The maximum absolute atomic E-state index is 12.8. The molecular weight excluding hydrogens is 755 g/mol. The van der Waals surface area contributed by atoms with E-state index in [-0.39, 0.29) is 12.8 Å². The quantitative estimate of drug-likeness (QED) is 0.0153. The highest BCUT2D eigenvalue weighted by molar-refractivity contribution is 7.47. The smallest absolute Gasteiger partial charge is 0.462 e. The van der Waals surface area contributed by atoms with Gasteiger partial charge in [0.25, 0.3) is 0 Å². The first-order valence-electron chi connectivity index (χ1n) is 22.1. The topological polar surface area (TPSA) is 210 Å². The Labute approximate surface area is 343 Å². The number of phosphoric acid groups is 1. The molecule has 0 aliphatic heterocycles. The van der Waals surface area contributed by atoms with Crippen molar-refractivity contribution >= 4 is 19.8 Å². The van der Waals surface area contributed by atoms with Gasteiger partial charge in [0.15, 0.2) is 6.10 Å². The number of ether oxygens (including phenoxy) is 2. The summed E-state index contributed by atoms with van der Waals surface area (Å²) in [6, 6.07) is 0. The number of esters is 2. The average molecular weight is 835 g/mol. The van der Waals surface area contributed by atoms with Crippen LogP contribution < -0.4 is 0 Å². The van der Waals surface area contributed by atoms with Crippen molar-refractivity contribution in [3.63, 3.8) is 0 Å². The predicted molar refractivity (Wildman–Crippen MR) is 221 cm³/mol. The number of carbonyl (C=O) groups excluding carboxylic acids is 2. The number of carbonyl (C=O) groups is 2. The maximum atomic E-state index is 12.8. The molecule has 13 nitrogen and oxygen atoms in total. The van der Waals surface area contributed by atoms with Crippen molar-refractivity contribution in [2.75, 3.05) is 13.2 Å². The number of aliphatic hydroxyl groups is 5. The summed E-state index contributed by atoms with van der Waals surface area (Å²) in [6.45, 7) is 3.25. The van der Waals surface area contributed by atoms with Crippen LogP contribution in [0.25, 0.3) is 0 Å². The Bertz CT molecular complexity index is 1100. The lowest BCUT2D eigenvalue weighted by Crippen LogP contribution is -2.64. The standard InChI is InChI=1S/C43H79O13P/c1-3-5-7-9-11-13-15-17-18-20-22-24-26-28-30-32-37(45)55-35(34-54-57(51,52)56-43-41(49)39(47)38(46)40(48)42(43)50)33-53-36(44)31-29-27-25-23-21-19-16-14-12-10-8-6-4-2/h13,15,19,21,35,38-43,46-50H,3-12,14,16-18,20,22-34H2,1-2H3,(H,51,52)/b15-13+,21-19+/t35-,38?,39-,40?,41?,42?,43?/m1/s1. The summed E-state index contributed by atoms with van der Waals surface area (Å²) in [5, 5.41) is 50.1. The monoisotopic (exact) mass is 835 g/mol. The minimum atomic E-state index is -5.12. The average Bonchev–Trinajstić information content (AvgIpc) is 3.19. The highest BCUT2D eigenvalue weighted by atomic mass is 31.2. The van der Waals surface area contributed by atoms with Gasteiger partial charge in [-0.1, -0.05) is 128 Å². The molecule has 0 aromatic carbocycles. The normalized spacial score (nSPS) is 22.9. The van der Waals surface area contributed by atoms with Gasteiger partial charge in [0.1, 0.15) is 43.2 Å². The number of aliphatic hydroxyl groups excluding tert-OH is 5. The van der Waals surface area contributed by atoms with Crippen molar-refractivity contribution < 1.29 is 63.1 Å². The molecular formula is C43H79O13P. The Kier molecular flexibility index (Phi) is 31.9. The van der Waals surface area contributed by atoms with Crippen molar-refractivity contribution in [1.29, 1.82) is 0 Å². The highest BCUT2D eigenvalue weighted by Crippen LogP contribution is 2.47. The molecule has 0 spiro atoms. The number of hydrogen-bond donors (Lipinski definition) is 6. The molecule has 1 rings (SSSR count). The molecule has 0 aromatic rings. The third-order valence-corrected chi connectivity index (χ3v) is 11.3. The lowest BCUT2D eigenvalue weighted by molar-refractivity contribution is -0.220. The van der Waals surface area contributed by atoms with Crippen LogP contribution in [-0.4, -0.2) is 98.3 Å². The van der Waals surface area contributed by atoms with Gasteiger partial charge in [-0.2, -0.15) is 0 Å². The summed E-state index contributed by atoms with van der Waals surface area (Å²) in [7, 11) is -5.12. The number of phosphoric ester groups is 1. The zero-order valence-corrected chi connectivity index (χ0v) is 36.0. The summed E-state index contributed by atoms with van der Waals surface area (Å²) >= 11 is 0. The van der Waals surface area contributed by atoms with Crippen LogP contribution in [-0.2, 0) is 32.7 Å². The van der Waals surface area contributed by atoms with Crippen molar-refractivity contribution in [2.24, 2.45) is 0 Å². The van der Waals surface area contributed by atoms with Crippen molar-refractivity contribution in [1.82, 2.24) is 0 Å². The van der Waals surface area contributed by atoms with Crippen LogP contribution in [0.3, 0.4) is 0 Å². The van der Waals surface area contributed by atoms with Gasteiger partial charge < -0.3 is 39.9 Å². The second-order valence-electron chi connectivity index (χ2n) is 15.5. The van der Waals surface area contributed by atoms with E-state index in [9.17, 15) is 44.6 Å². The van der Waals surface area contributed by atoms with Gasteiger partial charge in [-0.15, -0.1) is 0 Å².